The van der Waals surface area contributed by atoms with E-state index in [4.69, 9.17) is 15.6 Å². The topological polar surface area (TPSA) is 119 Å². The van der Waals surface area contributed by atoms with Crippen molar-refractivity contribution >= 4 is 17.8 Å². The van der Waals surface area contributed by atoms with E-state index >= 15 is 0 Å². The van der Waals surface area contributed by atoms with E-state index in [1.165, 1.54) is 0 Å². The highest BCUT2D eigenvalue weighted by Gasteiger charge is 2.21. The molecule has 0 fully saturated rings. The molecule has 114 valence electrons. The summed E-state index contributed by atoms with van der Waals surface area (Å²) in [6.07, 6.45) is -0.462. The quantitative estimate of drug-likeness (QED) is 0.633. The number of amides is 2. The van der Waals surface area contributed by atoms with Gasteiger partial charge in [0.05, 0.1) is 19.4 Å². The van der Waals surface area contributed by atoms with Crippen LogP contribution in [0.5, 0.6) is 5.75 Å². The summed E-state index contributed by atoms with van der Waals surface area (Å²) >= 11 is 0. The third-order valence-corrected chi connectivity index (χ3v) is 2.66. The van der Waals surface area contributed by atoms with Crippen LogP contribution in [-0.2, 0) is 14.4 Å². The molecule has 0 aliphatic rings. The number of nitrogens with one attached hydrogen (secondary N) is 1. The Morgan fingerprint density at radius 3 is 2.43 bits per heavy atom. The maximum atomic E-state index is 11.6. The number of carboxylic acids is 1. The number of carbonyl (C=O) groups excluding carboxylic acids is 2. The van der Waals surface area contributed by atoms with E-state index < -0.39 is 30.2 Å². The summed E-state index contributed by atoms with van der Waals surface area (Å²) in [6, 6.07) is 6.00. The summed E-state index contributed by atoms with van der Waals surface area (Å²) in [5, 5.41) is 11.1. The molecule has 0 bridgehead atoms. The molecule has 0 aliphatic heterocycles. The monoisotopic (exact) mass is 294 g/mol. The number of nitrogens with two attached hydrogens (primary N) is 1. The smallest absolute Gasteiger partial charge is 0.326 e. The van der Waals surface area contributed by atoms with Crippen molar-refractivity contribution in [1.29, 1.82) is 0 Å². The highest BCUT2D eigenvalue weighted by atomic mass is 16.5. The van der Waals surface area contributed by atoms with Crippen LogP contribution in [0.1, 0.15) is 18.4 Å². The van der Waals surface area contributed by atoms with E-state index in [-0.39, 0.29) is 13.0 Å². The van der Waals surface area contributed by atoms with Gasteiger partial charge < -0.3 is 20.9 Å². The fraction of sp³-hybridized carbons (Fsp3) is 0.357. The number of benzene rings is 1. The van der Waals surface area contributed by atoms with E-state index in [0.717, 1.165) is 5.56 Å². The van der Waals surface area contributed by atoms with Crippen molar-refractivity contribution in [3.8, 4) is 5.75 Å². The average molecular weight is 294 g/mol. The van der Waals surface area contributed by atoms with Gasteiger partial charge in [0, 0.05) is 0 Å². The molecule has 7 nitrogen and oxygen atoms in total. The predicted molar refractivity (Wildman–Crippen MR) is 74.7 cm³/mol. The van der Waals surface area contributed by atoms with E-state index in [1.54, 1.807) is 12.1 Å². The average Bonchev–Trinajstić information content (AvgIpc) is 2.39. The molecule has 1 rings (SSSR count). The van der Waals surface area contributed by atoms with E-state index in [1.807, 2.05) is 19.1 Å². The standard InChI is InChI=1S/C14H18N2O5/c1-9-2-4-10(5-3-9)21-7-6-13(18)16-11(14(19)20)8-12(15)17/h2-5,11H,6-8H2,1H3,(H2,15,17)(H,16,18)(H,19,20). The minimum atomic E-state index is -1.31. The molecule has 0 spiro atoms. The van der Waals surface area contributed by atoms with Crippen molar-refractivity contribution in [3.63, 3.8) is 0 Å². The molecule has 1 atom stereocenters. The predicted octanol–water partition coefficient (Wildman–Crippen LogP) is 0.209. The number of aryl methyl sites for hydroxylation is 1. The largest absolute Gasteiger partial charge is 0.493 e. The minimum Gasteiger partial charge on any atom is -0.493 e. The third kappa shape index (κ3) is 6.42. The molecule has 21 heavy (non-hydrogen) atoms. The first-order valence-electron chi connectivity index (χ1n) is 6.38. The number of primary amides is 1. The first kappa shape index (κ1) is 16.5. The lowest BCUT2D eigenvalue weighted by atomic mass is 10.2. The van der Waals surface area contributed by atoms with Gasteiger partial charge in [-0.2, -0.15) is 0 Å². The molecule has 0 aliphatic carbocycles. The van der Waals surface area contributed by atoms with E-state index in [9.17, 15) is 14.4 Å². The molecule has 4 N–H and O–H groups in total. The maximum Gasteiger partial charge on any atom is 0.326 e. The number of ether oxygens (including phenoxy) is 1. The summed E-state index contributed by atoms with van der Waals surface area (Å²) in [6.45, 7) is 2.06. The SMILES string of the molecule is Cc1ccc(OCCC(=O)NC(CC(N)=O)C(=O)O)cc1. The Morgan fingerprint density at radius 1 is 1.29 bits per heavy atom. The molecule has 1 unspecified atom stereocenters. The van der Waals surface area contributed by atoms with Crippen molar-refractivity contribution in [2.75, 3.05) is 6.61 Å². The Morgan fingerprint density at radius 2 is 1.90 bits per heavy atom. The molecule has 0 aromatic heterocycles. The summed E-state index contributed by atoms with van der Waals surface area (Å²) in [5.74, 6) is -1.99. The van der Waals surface area contributed by atoms with Gasteiger partial charge in [-0.1, -0.05) is 17.7 Å². The first-order valence-corrected chi connectivity index (χ1v) is 6.38. The Kier molecular flexibility index (Phi) is 6.19. The summed E-state index contributed by atoms with van der Waals surface area (Å²) in [5.41, 5.74) is 6.01. The lowest BCUT2D eigenvalue weighted by Gasteiger charge is -2.13. The zero-order valence-corrected chi connectivity index (χ0v) is 11.7. The Bertz CT molecular complexity index is 513. The second-order valence-electron chi connectivity index (χ2n) is 4.54. The number of hydrogen-bond acceptors (Lipinski definition) is 4. The van der Waals surface area contributed by atoms with Gasteiger partial charge >= 0.3 is 5.97 Å². The van der Waals surface area contributed by atoms with E-state index in [2.05, 4.69) is 5.32 Å². The first-order chi connectivity index (χ1) is 9.88. The van der Waals surface area contributed by atoms with Crippen LogP contribution < -0.4 is 15.8 Å². The molecule has 2 amide bonds. The molecule has 7 heteroatoms. The van der Waals surface area contributed by atoms with Crippen LogP contribution >= 0.6 is 0 Å². The van der Waals surface area contributed by atoms with Crippen LogP contribution in [0.3, 0.4) is 0 Å². The molecule has 0 radical (unpaired) electrons. The summed E-state index contributed by atoms with van der Waals surface area (Å²) in [7, 11) is 0. The number of hydrogen-bond donors (Lipinski definition) is 3. The lowest BCUT2D eigenvalue weighted by Crippen LogP contribution is -2.43. The van der Waals surface area contributed by atoms with Gasteiger partial charge in [0.2, 0.25) is 11.8 Å². The Hall–Kier alpha value is -2.57. The van der Waals surface area contributed by atoms with Gasteiger partial charge in [0.1, 0.15) is 11.8 Å². The van der Waals surface area contributed by atoms with Gasteiger partial charge in [-0.15, -0.1) is 0 Å². The van der Waals surface area contributed by atoms with Gasteiger partial charge in [-0.25, -0.2) is 4.79 Å². The highest BCUT2D eigenvalue weighted by Crippen LogP contribution is 2.11. The number of carboxylic acid groups (broad SMARTS) is 1. The normalized spacial score (nSPS) is 11.5. The van der Waals surface area contributed by atoms with Gasteiger partial charge in [0.25, 0.3) is 0 Å². The second kappa shape index (κ2) is 7.88. The van der Waals surface area contributed by atoms with Gasteiger partial charge in [-0.05, 0) is 19.1 Å². The van der Waals surface area contributed by atoms with Crippen LogP contribution in [0, 0.1) is 6.92 Å². The second-order valence-corrected chi connectivity index (χ2v) is 4.54. The zero-order valence-electron chi connectivity index (χ0n) is 11.7. The van der Waals surface area contributed by atoms with Crippen LogP contribution in [0.25, 0.3) is 0 Å². The number of aliphatic carboxylic acids is 1. The van der Waals surface area contributed by atoms with Crippen LogP contribution in [-0.4, -0.2) is 35.5 Å². The maximum absolute atomic E-state index is 11.6. The lowest BCUT2D eigenvalue weighted by molar-refractivity contribution is -0.143. The molecular formula is C14H18N2O5. The zero-order chi connectivity index (χ0) is 15.8. The van der Waals surface area contributed by atoms with Crippen molar-refractivity contribution in [2.24, 2.45) is 5.73 Å². The van der Waals surface area contributed by atoms with Crippen molar-refractivity contribution < 1.29 is 24.2 Å². The van der Waals surface area contributed by atoms with Crippen LogP contribution in [0.4, 0.5) is 0 Å². The fourth-order valence-corrected chi connectivity index (χ4v) is 1.56. The van der Waals surface area contributed by atoms with Crippen LogP contribution in [0.15, 0.2) is 24.3 Å². The molecule has 0 saturated carbocycles. The summed E-state index contributed by atoms with van der Waals surface area (Å²) < 4.78 is 5.35. The van der Waals surface area contributed by atoms with Gasteiger partial charge in [-0.3, -0.25) is 9.59 Å². The van der Waals surface area contributed by atoms with Crippen LogP contribution in [0.2, 0.25) is 0 Å². The molecule has 0 saturated heterocycles. The Labute approximate surface area is 122 Å². The van der Waals surface area contributed by atoms with Crippen molar-refractivity contribution in [2.45, 2.75) is 25.8 Å². The molecule has 0 heterocycles. The minimum absolute atomic E-state index is 0.0174. The fourth-order valence-electron chi connectivity index (χ4n) is 1.56. The van der Waals surface area contributed by atoms with Crippen molar-refractivity contribution in [1.82, 2.24) is 5.32 Å². The third-order valence-electron chi connectivity index (χ3n) is 2.66. The van der Waals surface area contributed by atoms with E-state index in [0.29, 0.717) is 5.75 Å². The molecule has 1 aromatic rings. The number of rotatable bonds is 8. The molecule has 1 aromatic carbocycles. The van der Waals surface area contributed by atoms with Crippen molar-refractivity contribution in [3.05, 3.63) is 29.8 Å². The molecular weight excluding hydrogens is 276 g/mol. The summed E-state index contributed by atoms with van der Waals surface area (Å²) in [4.78, 5) is 33.1. The highest BCUT2D eigenvalue weighted by molar-refractivity contribution is 5.88. The van der Waals surface area contributed by atoms with Gasteiger partial charge in [0.15, 0.2) is 0 Å². The number of carbonyl (C=O) groups is 3. The Balaban J connectivity index is 2.37.